The molecule has 1 unspecified atom stereocenters. The number of rotatable bonds is 4. The summed E-state index contributed by atoms with van der Waals surface area (Å²) in [6.07, 6.45) is 5.42. The fourth-order valence-corrected chi connectivity index (χ4v) is 2.54. The molecule has 2 heterocycles. The van der Waals surface area contributed by atoms with Gasteiger partial charge in [0, 0.05) is 17.1 Å². The first kappa shape index (κ1) is 12.7. The summed E-state index contributed by atoms with van der Waals surface area (Å²) in [4.78, 5) is 13.1. The van der Waals surface area contributed by atoms with Crippen molar-refractivity contribution < 1.29 is 0 Å². The second-order valence-corrected chi connectivity index (χ2v) is 5.32. The molecule has 3 aromatic rings. The Kier molecular flexibility index (Phi) is 3.69. The molecule has 0 spiro atoms. The molecule has 3 rings (SSSR count). The van der Waals surface area contributed by atoms with Gasteiger partial charge in [-0.25, -0.2) is 15.0 Å². The van der Waals surface area contributed by atoms with Crippen molar-refractivity contribution in [3.05, 3.63) is 59.3 Å². The van der Waals surface area contributed by atoms with Crippen LogP contribution in [0.5, 0.6) is 0 Å². The molecule has 100 valence electrons. The lowest BCUT2D eigenvalue weighted by molar-refractivity contribution is 0.866. The molecule has 0 aliphatic heterocycles. The third kappa shape index (κ3) is 2.83. The van der Waals surface area contributed by atoms with Crippen LogP contribution in [0.1, 0.15) is 18.0 Å². The molecule has 0 radical (unpaired) electrons. The highest BCUT2D eigenvalue weighted by atomic mass is 32.1. The highest BCUT2D eigenvalue weighted by Crippen LogP contribution is 2.21. The van der Waals surface area contributed by atoms with Crippen LogP contribution in [-0.2, 0) is 0 Å². The summed E-state index contributed by atoms with van der Waals surface area (Å²) in [5, 5.41) is 6.37. The molecule has 4 nitrogen and oxygen atoms in total. The molecule has 1 atom stereocenters. The van der Waals surface area contributed by atoms with Crippen LogP contribution >= 0.6 is 11.3 Å². The molecule has 1 N–H and O–H groups in total. The minimum absolute atomic E-state index is 0.154. The van der Waals surface area contributed by atoms with Gasteiger partial charge < -0.3 is 5.32 Å². The van der Waals surface area contributed by atoms with E-state index < -0.39 is 0 Å². The molecule has 20 heavy (non-hydrogen) atoms. The van der Waals surface area contributed by atoms with Crippen molar-refractivity contribution >= 4 is 17.0 Å². The third-order valence-corrected chi connectivity index (χ3v) is 3.85. The highest BCUT2D eigenvalue weighted by Gasteiger charge is 2.08. The number of hydrogen-bond acceptors (Lipinski definition) is 5. The molecule has 0 amide bonds. The fraction of sp³-hybridized carbons (Fsp3) is 0.133. The van der Waals surface area contributed by atoms with Crippen LogP contribution in [0, 0.1) is 0 Å². The molecular weight excluding hydrogens is 268 g/mol. The number of hydrogen-bond donors (Lipinski definition) is 1. The first-order chi connectivity index (χ1) is 9.83. The first-order valence-electron chi connectivity index (χ1n) is 6.36. The normalized spacial score (nSPS) is 12.1. The number of nitrogens with one attached hydrogen (secondary N) is 1. The fourth-order valence-electron chi connectivity index (χ4n) is 1.90. The van der Waals surface area contributed by atoms with E-state index in [9.17, 15) is 0 Å². The van der Waals surface area contributed by atoms with Crippen LogP contribution in [0.15, 0.2) is 54.3 Å². The molecule has 0 saturated heterocycles. The van der Waals surface area contributed by atoms with Crippen LogP contribution in [0.4, 0.5) is 5.69 Å². The Balaban J connectivity index is 1.74. The largest absolute Gasteiger partial charge is 0.374 e. The summed E-state index contributed by atoms with van der Waals surface area (Å²) in [5.41, 5.74) is 1.92. The number of nitrogens with zero attached hydrogens (tertiary/aromatic N) is 3. The van der Waals surface area contributed by atoms with E-state index in [2.05, 4.69) is 27.2 Å². The van der Waals surface area contributed by atoms with Crippen molar-refractivity contribution in [1.29, 1.82) is 0 Å². The van der Waals surface area contributed by atoms with Gasteiger partial charge in [0.25, 0.3) is 0 Å². The molecule has 0 saturated carbocycles. The van der Waals surface area contributed by atoms with E-state index in [1.807, 2.05) is 41.9 Å². The van der Waals surface area contributed by atoms with Gasteiger partial charge >= 0.3 is 0 Å². The zero-order valence-electron chi connectivity index (χ0n) is 11.0. The summed E-state index contributed by atoms with van der Waals surface area (Å²) in [5.74, 6) is 0.734. The van der Waals surface area contributed by atoms with Gasteiger partial charge in [-0.15, -0.1) is 11.3 Å². The van der Waals surface area contributed by atoms with Crippen LogP contribution < -0.4 is 5.32 Å². The minimum Gasteiger partial charge on any atom is -0.374 e. The lowest BCUT2D eigenvalue weighted by atomic mass is 10.2. The second-order valence-electron chi connectivity index (χ2n) is 4.40. The Morgan fingerprint density at radius 2 is 1.80 bits per heavy atom. The standard InChI is InChI=1S/C15H14N4S/c1-11(15-16-7-8-20-15)19-13-9-17-14(18-10-13)12-5-3-2-4-6-12/h2-11,19H,1H3. The molecular formula is C15H14N4S. The van der Waals surface area contributed by atoms with E-state index >= 15 is 0 Å². The van der Waals surface area contributed by atoms with Crippen molar-refractivity contribution in [3.63, 3.8) is 0 Å². The van der Waals surface area contributed by atoms with Gasteiger partial charge in [-0.1, -0.05) is 30.3 Å². The molecule has 2 aromatic heterocycles. The van der Waals surface area contributed by atoms with E-state index in [0.29, 0.717) is 0 Å². The van der Waals surface area contributed by atoms with E-state index in [0.717, 1.165) is 22.1 Å². The number of thiazole rings is 1. The Morgan fingerprint density at radius 3 is 2.45 bits per heavy atom. The van der Waals surface area contributed by atoms with Crippen LogP contribution in [-0.4, -0.2) is 15.0 Å². The number of benzene rings is 1. The zero-order valence-corrected chi connectivity index (χ0v) is 11.8. The van der Waals surface area contributed by atoms with Crippen LogP contribution in [0.3, 0.4) is 0 Å². The maximum absolute atomic E-state index is 4.39. The topological polar surface area (TPSA) is 50.7 Å². The Hall–Kier alpha value is -2.27. The average molecular weight is 282 g/mol. The SMILES string of the molecule is CC(Nc1cnc(-c2ccccc2)nc1)c1nccs1. The maximum Gasteiger partial charge on any atom is 0.159 e. The van der Waals surface area contributed by atoms with Crippen molar-refractivity contribution in [3.8, 4) is 11.4 Å². The van der Waals surface area contributed by atoms with Crippen molar-refractivity contribution in [2.24, 2.45) is 0 Å². The summed E-state index contributed by atoms with van der Waals surface area (Å²) in [6.45, 7) is 2.07. The van der Waals surface area contributed by atoms with E-state index in [1.54, 1.807) is 23.7 Å². The van der Waals surface area contributed by atoms with Gasteiger partial charge in [0.1, 0.15) is 5.01 Å². The van der Waals surface area contributed by atoms with Crippen LogP contribution in [0.2, 0.25) is 0 Å². The predicted octanol–water partition coefficient (Wildman–Crippen LogP) is 3.77. The third-order valence-electron chi connectivity index (χ3n) is 2.89. The maximum atomic E-state index is 4.39. The quantitative estimate of drug-likeness (QED) is 0.791. The minimum atomic E-state index is 0.154. The van der Waals surface area contributed by atoms with E-state index in [4.69, 9.17) is 0 Å². The number of anilines is 1. The highest BCUT2D eigenvalue weighted by molar-refractivity contribution is 7.09. The predicted molar refractivity (Wildman–Crippen MR) is 81.6 cm³/mol. The van der Waals surface area contributed by atoms with Gasteiger partial charge in [0.15, 0.2) is 5.82 Å². The molecule has 0 bridgehead atoms. The van der Waals surface area contributed by atoms with Crippen molar-refractivity contribution in [2.75, 3.05) is 5.32 Å². The van der Waals surface area contributed by atoms with Crippen molar-refractivity contribution in [1.82, 2.24) is 15.0 Å². The summed E-state index contributed by atoms with van der Waals surface area (Å²) in [7, 11) is 0. The summed E-state index contributed by atoms with van der Waals surface area (Å²) < 4.78 is 0. The number of aromatic nitrogens is 3. The molecule has 5 heteroatoms. The molecule has 0 aliphatic rings. The lowest BCUT2D eigenvalue weighted by Crippen LogP contribution is -2.06. The summed E-state index contributed by atoms with van der Waals surface area (Å²) in [6, 6.07) is 10.1. The lowest BCUT2D eigenvalue weighted by Gasteiger charge is -2.12. The van der Waals surface area contributed by atoms with Gasteiger partial charge in [0.2, 0.25) is 0 Å². The van der Waals surface area contributed by atoms with Crippen molar-refractivity contribution in [2.45, 2.75) is 13.0 Å². The van der Waals surface area contributed by atoms with Gasteiger partial charge in [0.05, 0.1) is 24.1 Å². The Bertz CT molecular complexity index is 650. The Labute approximate surface area is 121 Å². The van der Waals surface area contributed by atoms with Gasteiger partial charge in [-0.3, -0.25) is 0 Å². The van der Waals surface area contributed by atoms with E-state index in [1.165, 1.54) is 0 Å². The van der Waals surface area contributed by atoms with Gasteiger partial charge in [-0.2, -0.15) is 0 Å². The van der Waals surface area contributed by atoms with Crippen LogP contribution in [0.25, 0.3) is 11.4 Å². The smallest absolute Gasteiger partial charge is 0.159 e. The summed E-state index contributed by atoms with van der Waals surface area (Å²) >= 11 is 1.64. The van der Waals surface area contributed by atoms with E-state index in [-0.39, 0.29) is 6.04 Å². The molecule has 0 fully saturated rings. The Morgan fingerprint density at radius 1 is 1.05 bits per heavy atom. The molecule has 1 aromatic carbocycles. The van der Waals surface area contributed by atoms with Gasteiger partial charge in [-0.05, 0) is 6.92 Å². The average Bonchev–Trinajstić information content (AvgIpc) is 3.03. The zero-order chi connectivity index (χ0) is 13.8. The first-order valence-corrected chi connectivity index (χ1v) is 7.24. The second kappa shape index (κ2) is 5.79. The molecule has 0 aliphatic carbocycles. The monoisotopic (exact) mass is 282 g/mol.